The van der Waals surface area contributed by atoms with Crippen LogP contribution in [0.25, 0.3) is 0 Å². The lowest BCUT2D eigenvalue weighted by molar-refractivity contribution is 0.101. The molecule has 0 saturated carbocycles. The van der Waals surface area contributed by atoms with Crippen LogP contribution in [0, 0.1) is 0 Å². The molecule has 3 aromatic rings. The zero-order chi connectivity index (χ0) is 17.5. The Labute approximate surface area is 150 Å². The van der Waals surface area contributed by atoms with E-state index in [-0.39, 0.29) is 5.78 Å². The molecule has 0 fully saturated rings. The highest BCUT2D eigenvalue weighted by Gasteiger charge is 2.01. The fraction of sp³-hybridized carbons (Fsp3) is 0.208. The quantitative estimate of drug-likeness (QED) is 0.526. The number of carbonyl (C=O) groups is 1. The van der Waals surface area contributed by atoms with Crippen LogP contribution in [0.15, 0.2) is 78.9 Å². The highest BCUT2D eigenvalue weighted by molar-refractivity contribution is 5.93. The second-order valence-corrected chi connectivity index (χ2v) is 6.56. The third-order valence-corrected chi connectivity index (χ3v) is 4.63. The largest absolute Gasteiger partial charge is 0.295 e. The van der Waals surface area contributed by atoms with Crippen LogP contribution in [-0.4, -0.2) is 5.78 Å². The smallest absolute Gasteiger partial charge is 0.159 e. The molecule has 0 saturated heterocycles. The summed E-state index contributed by atoms with van der Waals surface area (Å²) in [5, 5.41) is 0. The molecule has 1 nitrogen and oxygen atoms in total. The first-order valence-electron chi connectivity index (χ1n) is 8.92. The third-order valence-electron chi connectivity index (χ3n) is 4.63. The fourth-order valence-corrected chi connectivity index (χ4v) is 3.00. The monoisotopic (exact) mass is 328 g/mol. The van der Waals surface area contributed by atoms with E-state index in [1.54, 1.807) is 6.92 Å². The Hall–Kier alpha value is -2.67. The molecule has 0 heterocycles. The Kier molecular flexibility index (Phi) is 5.79. The molecular weight excluding hydrogens is 304 g/mol. The summed E-state index contributed by atoms with van der Waals surface area (Å²) in [5.41, 5.74) is 6.20. The van der Waals surface area contributed by atoms with Crippen LogP contribution >= 0.6 is 0 Å². The van der Waals surface area contributed by atoms with Gasteiger partial charge >= 0.3 is 0 Å². The summed E-state index contributed by atoms with van der Waals surface area (Å²) in [6.07, 6.45) is 4.19. The van der Waals surface area contributed by atoms with Crippen molar-refractivity contribution in [2.24, 2.45) is 0 Å². The topological polar surface area (TPSA) is 17.1 Å². The minimum absolute atomic E-state index is 0.123. The Bertz CT molecular complexity index is 799. The van der Waals surface area contributed by atoms with Crippen LogP contribution in [0.5, 0.6) is 0 Å². The number of hydrogen-bond acceptors (Lipinski definition) is 1. The molecule has 25 heavy (non-hydrogen) atoms. The van der Waals surface area contributed by atoms with Gasteiger partial charge in [0.05, 0.1) is 0 Å². The minimum Gasteiger partial charge on any atom is -0.295 e. The van der Waals surface area contributed by atoms with Crippen molar-refractivity contribution in [1.82, 2.24) is 0 Å². The molecule has 0 spiro atoms. The average molecular weight is 328 g/mol. The first kappa shape index (κ1) is 17.2. The lowest BCUT2D eigenvalue weighted by Gasteiger charge is -2.06. The molecule has 3 aromatic carbocycles. The molecule has 0 atom stereocenters. The maximum absolute atomic E-state index is 11.3. The van der Waals surface area contributed by atoms with Gasteiger partial charge in [-0.3, -0.25) is 4.79 Å². The maximum atomic E-state index is 11.3. The van der Waals surface area contributed by atoms with Gasteiger partial charge in [0.25, 0.3) is 0 Å². The number of ketones is 1. The second-order valence-electron chi connectivity index (χ2n) is 6.56. The summed E-state index contributed by atoms with van der Waals surface area (Å²) in [5.74, 6) is 0.123. The van der Waals surface area contributed by atoms with Crippen LogP contribution in [0.1, 0.15) is 39.5 Å². The van der Waals surface area contributed by atoms with E-state index in [2.05, 4.69) is 66.7 Å². The number of Topliss-reactive ketones (excluding diaryl/α,β-unsaturated/α-hetero) is 1. The molecule has 3 rings (SSSR count). The molecule has 0 unspecified atom stereocenters. The minimum atomic E-state index is 0.123. The molecule has 1 heteroatoms. The second kappa shape index (κ2) is 8.43. The van der Waals surface area contributed by atoms with E-state index in [9.17, 15) is 4.79 Å². The van der Waals surface area contributed by atoms with Crippen LogP contribution < -0.4 is 0 Å². The molecule has 0 amide bonds. The zero-order valence-electron chi connectivity index (χ0n) is 14.7. The van der Waals surface area contributed by atoms with E-state index >= 15 is 0 Å². The lowest BCUT2D eigenvalue weighted by Crippen LogP contribution is -1.95. The first-order chi connectivity index (χ1) is 12.2. The molecular formula is C24H24O. The van der Waals surface area contributed by atoms with Crippen molar-refractivity contribution in [3.63, 3.8) is 0 Å². The van der Waals surface area contributed by atoms with Crippen LogP contribution in [0.2, 0.25) is 0 Å². The fourth-order valence-electron chi connectivity index (χ4n) is 3.00. The van der Waals surface area contributed by atoms with Crippen molar-refractivity contribution in [1.29, 1.82) is 0 Å². The molecule has 0 aliphatic rings. The van der Waals surface area contributed by atoms with Crippen LogP contribution in [-0.2, 0) is 25.7 Å². The van der Waals surface area contributed by atoms with Gasteiger partial charge < -0.3 is 0 Å². The molecule has 0 aromatic heterocycles. The first-order valence-corrected chi connectivity index (χ1v) is 8.92. The number of hydrogen-bond donors (Lipinski definition) is 0. The van der Waals surface area contributed by atoms with E-state index < -0.39 is 0 Å². The van der Waals surface area contributed by atoms with Gasteiger partial charge in [-0.15, -0.1) is 0 Å². The highest BCUT2D eigenvalue weighted by Crippen LogP contribution is 2.12. The summed E-state index contributed by atoms with van der Waals surface area (Å²) in [6.45, 7) is 1.61. The Morgan fingerprint density at radius 2 is 0.920 bits per heavy atom. The zero-order valence-corrected chi connectivity index (χ0v) is 14.7. The molecule has 126 valence electrons. The van der Waals surface area contributed by atoms with Crippen molar-refractivity contribution in [3.8, 4) is 0 Å². The highest BCUT2D eigenvalue weighted by atomic mass is 16.1. The van der Waals surface area contributed by atoms with Crippen molar-refractivity contribution >= 4 is 5.78 Å². The van der Waals surface area contributed by atoms with Crippen molar-refractivity contribution in [2.45, 2.75) is 32.6 Å². The normalized spacial score (nSPS) is 10.6. The van der Waals surface area contributed by atoms with Gasteiger partial charge in [0.1, 0.15) is 0 Å². The summed E-state index contributed by atoms with van der Waals surface area (Å²) in [7, 11) is 0. The van der Waals surface area contributed by atoms with Gasteiger partial charge in [-0.2, -0.15) is 0 Å². The van der Waals surface area contributed by atoms with Gasteiger partial charge in [0.15, 0.2) is 5.78 Å². The van der Waals surface area contributed by atoms with Gasteiger partial charge in [-0.1, -0.05) is 78.9 Å². The molecule has 0 bridgehead atoms. The van der Waals surface area contributed by atoms with Crippen LogP contribution in [0.3, 0.4) is 0 Å². The maximum Gasteiger partial charge on any atom is 0.159 e. The van der Waals surface area contributed by atoms with Gasteiger partial charge in [-0.05, 0) is 54.9 Å². The summed E-state index contributed by atoms with van der Waals surface area (Å²) in [4.78, 5) is 11.3. The Balaban J connectivity index is 1.51. The molecule has 0 aliphatic carbocycles. The third kappa shape index (κ3) is 5.15. The lowest BCUT2D eigenvalue weighted by atomic mass is 9.99. The van der Waals surface area contributed by atoms with Gasteiger partial charge in [-0.25, -0.2) is 0 Å². The summed E-state index contributed by atoms with van der Waals surface area (Å²) >= 11 is 0. The SMILES string of the molecule is CC(=O)c1ccc(CCc2ccc(CCc3ccccc3)cc2)cc1. The number of aryl methyl sites for hydroxylation is 4. The number of carbonyl (C=O) groups excluding carboxylic acids is 1. The molecule has 0 aliphatic heterocycles. The number of benzene rings is 3. The summed E-state index contributed by atoms with van der Waals surface area (Å²) < 4.78 is 0. The van der Waals surface area contributed by atoms with E-state index in [0.29, 0.717) is 0 Å². The van der Waals surface area contributed by atoms with Crippen molar-refractivity contribution in [2.75, 3.05) is 0 Å². The Morgan fingerprint density at radius 1 is 0.560 bits per heavy atom. The van der Waals surface area contributed by atoms with E-state index in [4.69, 9.17) is 0 Å². The van der Waals surface area contributed by atoms with E-state index in [0.717, 1.165) is 31.2 Å². The summed E-state index contributed by atoms with van der Waals surface area (Å²) in [6, 6.07) is 27.6. The Morgan fingerprint density at radius 3 is 1.32 bits per heavy atom. The predicted molar refractivity (Wildman–Crippen MR) is 104 cm³/mol. The van der Waals surface area contributed by atoms with E-state index in [1.807, 2.05) is 12.1 Å². The molecule has 0 N–H and O–H groups in total. The van der Waals surface area contributed by atoms with Gasteiger partial charge in [0, 0.05) is 5.56 Å². The van der Waals surface area contributed by atoms with Crippen LogP contribution in [0.4, 0.5) is 0 Å². The van der Waals surface area contributed by atoms with Gasteiger partial charge in [0.2, 0.25) is 0 Å². The average Bonchev–Trinajstić information content (AvgIpc) is 2.67. The van der Waals surface area contributed by atoms with E-state index in [1.165, 1.54) is 22.3 Å². The van der Waals surface area contributed by atoms with Crippen molar-refractivity contribution in [3.05, 3.63) is 107 Å². The predicted octanol–water partition coefficient (Wildman–Crippen LogP) is 5.46. The van der Waals surface area contributed by atoms with Crippen molar-refractivity contribution < 1.29 is 4.79 Å². The standard InChI is InChI=1S/C24H24O/c1-19(25)24-17-15-23(16-18-24)14-13-22-11-9-21(10-12-22)8-7-20-5-3-2-4-6-20/h2-6,9-12,15-18H,7-8,13-14H2,1H3. The number of rotatable bonds is 7. The molecule has 0 radical (unpaired) electrons.